The van der Waals surface area contributed by atoms with E-state index in [0.29, 0.717) is 0 Å². The Kier molecular flexibility index (Phi) is 3.69. The lowest BCUT2D eigenvalue weighted by Crippen LogP contribution is -2.39. The first-order valence-corrected chi connectivity index (χ1v) is 7.46. The zero-order valence-corrected chi connectivity index (χ0v) is 11.3. The van der Waals surface area contributed by atoms with E-state index in [1.165, 1.54) is 71.5 Å². The van der Waals surface area contributed by atoms with Crippen LogP contribution in [0.15, 0.2) is 0 Å². The van der Waals surface area contributed by atoms with E-state index in [4.69, 9.17) is 0 Å². The van der Waals surface area contributed by atoms with Crippen molar-refractivity contribution in [1.82, 2.24) is 14.7 Å². The lowest BCUT2D eigenvalue weighted by molar-refractivity contribution is 0.199. The van der Waals surface area contributed by atoms with Crippen molar-refractivity contribution in [2.24, 2.45) is 5.92 Å². The summed E-state index contributed by atoms with van der Waals surface area (Å²) >= 11 is 0. The van der Waals surface area contributed by atoms with Crippen LogP contribution in [0.4, 0.5) is 0 Å². The molecule has 2 atom stereocenters. The molecule has 3 saturated heterocycles. The van der Waals surface area contributed by atoms with E-state index in [-0.39, 0.29) is 0 Å². The van der Waals surface area contributed by atoms with E-state index in [9.17, 15) is 0 Å². The Bertz CT molecular complexity index is 256. The van der Waals surface area contributed by atoms with Crippen LogP contribution < -0.4 is 0 Å². The first-order chi connectivity index (χ1) is 8.31. The van der Waals surface area contributed by atoms with Gasteiger partial charge in [0.1, 0.15) is 0 Å². The van der Waals surface area contributed by atoms with Crippen molar-refractivity contribution in [3.8, 4) is 0 Å². The van der Waals surface area contributed by atoms with Gasteiger partial charge in [0.15, 0.2) is 0 Å². The Hall–Kier alpha value is -0.120. The summed E-state index contributed by atoms with van der Waals surface area (Å²) in [6.45, 7) is 9.40. The molecule has 0 aromatic carbocycles. The third kappa shape index (κ3) is 2.83. The van der Waals surface area contributed by atoms with Gasteiger partial charge >= 0.3 is 0 Å². The molecule has 3 heteroatoms. The van der Waals surface area contributed by atoms with Crippen molar-refractivity contribution < 1.29 is 0 Å². The fourth-order valence-electron chi connectivity index (χ4n) is 3.99. The molecule has 3 heterocycles. The summed E-state index contributed by atoms with van der Waals surface area (Å²) in [6, 6.07) is 0.886. The van der Waals surface area contributed by atoms with Crippen molar-refractivity contribution in [3.05, 3.63) is 0 Å². The second kappa shape index (κ2) is 5.25. The van der Waals surface area contributed by atoms with Gasteiger partial charge < -0.3 is 9.80 Å². The van der Waals surface area contributed by atoms with Crippen LogP contribution >= 0.6 is 0 Å². The van der Waals surface area contributed by atoms with Gasteiger partial charge in [-0.15, -0.1) is 0 Å². The molecule has 3 nitrogen and oxygen atoms in total. The van der Waals surface area contributed by atoms with Crippen LogP contribution in [0, 0.1) is 5.92 Å². The van der Waals surface area contributed by atoms with Gasteiger partial charge in [0.2, 0.25) is 0 Å². The smallest absolute Gasteiger partial charge is 0.0223 e. The highest BCUT2D eigenvalue weighted by Crippen LogP contribution is 2.23. The monoisotopic (exact) mass is 237 g/mol. The Morgan fingerprint density at radius 1 is 0.941 bits per heavy atom. The zero-order valence-electron chi connectivity index (χ0n) is 11.3. The molecule has 17 heavy (non-hydrogen) atoms. The Balaban J connectivity index is 1.52. The average molecular weight is 237 g/mol. The largest absolute Gasteiger partial charge is 0.306 e. The highest BCUT2D eigenvalue weighted by atomic mass is 15.3. The van der Waals surface area contributed by atoms with Crippen LogP contribution in [-0.4, -0.2) is 73.6 Å². The summed E-state index contributed by atoms with van der Waals surface area (Å²) in [6.07, 6.45) is 5.69. The first kappa shape index (κ1) is 11.9. The number of fused-ring (bicyclic) bond motifs is 1. The Labute approximate surface area is 106 Å². The molecule has 2 unspecified atom stereocenters. The van der Waals surface area contributed by atoms with Crippen molar-refractivity contribution in [2.45, 2.75) is 31.7 Å². The van der Waals surface area contributed by atoms with Crippen LogP contribution in [0.5, 0.6) is 0 Å². The van der Waals surface area contributed by atoms with E-state index in [2.05, 4.69) is 21.7 Å². The molecular formula is C14H27N3. The number of rotatable bonds is 2. The molecule has 0 aromatic rings. The van der Waals surface area contributed by atoms with Crippen LogP contribution in [-0.2, 0) is 0 Å². The summed E-state index contributed by atoms with van der Waals surface area (Å²) in [4.78, 5) is 7.99. The van der Waals surface area contributed by atoms with E-state index in [0.717, 1.165) is 12.0 Å². The van der Waals surface area contributed by atoms with Crippen LogP contribution in [0.2, 0.25) is 0 Å². The Morgan fingerprint density at radius 3 is 2.65 bits per heavy atom. The summed E-state index contributed by atoms with van der Waals surface area (Å²) in [5.41, 5.74) is 0. The molecule has 3 aliphatic rings. The lowest BCUT2D eigenvalue weighted by Gasteiger charge is -2.27. The number of likely N-dealkylation sites (tertiary alicyclic amines) is 1. The molecule has 0 amide bonds. The predicted molar refractivity (Wildman–Crippen MR) is 71.3 cm³/mol. The summed E-state index contributed by atoms with van der Waals surface area (Å²) < 4.78 is 0. The highest BCUT2D eigenvalue weighted by molar-refractivity contribution is 4.86. The predicted octanol–water partition coefficient (Wildman–Crippen LogP) is 1.11. The highest BCUT2D eigenvalue weighted by Gasteiger charge is 2.30. The van der Waals surface area contributed by atoms with Gasteiger partial charge in [-0.25, -0.2) is 0 Å². The fourth-order valence-corrected chi connectivity index (χ4v) is 3.99. The SMILES string of the molecule is CN1CCC(CN2CCCN3CCCC3C2)C1. The van der Waals surface area contributed by atoms with Crippen LogP contribution in [0.25, 0.3) is 0 Å². The topological polar surface area (TPSA) is 9.72 Å². The second-order valence-electron chi connectivity index (χ2n) is 6.36. The molecule has 0 spiro atoms. The van der Waals surface area contributed by atoms with Crippen molar-refractivity contribution in [2.75, 3.05) is 52.9 Å². The molecule has 3 aliphatic heterocycles. The molecule has 3 rings (SSSR count). The minimum atomic E-state index is 0.886. The summed E-state index contributed by atoms with van der Waals surface area (Å²) in [5, 5.41) is 0. The Morgan fingerprint density at radius 2 is 1.82 bits per heavy atom. The maximum Gasteiger partial charge on any atom is 0.0223 e. The standard InChI is InChI=1S/C14H27N3/c1-15-9-5-13(10-15)11-16-6-3-8-17-7-2-4-14(17)12-16/h13-14H,2-12H2,1H3. The normalized spacial score (nSPS) is 37.2. The summed E-state index contributed by atoms with van der Waals surface area (Å²) in [7, 11) is 2.27. The molecule has 0 N–H and O–H groups in total. The zero-order chi connectivity index (χ0) is 11.7. The molecule has 0 saturated carbocycles. The third-order valence-corrected chi connectivity index (χ3v) is 4.89. The minimum Gasteiger partial charge on any atom is -0.306 e. The summed E-state index contributed by atoms with van der Waals surface area (Å²) in [5.74, 6) is 0.938. The molecule has 0 radical (unpaired) electrons. The van der Waals surface area contributed by atoms with Crippen LogP contribution in [0.1, 0.15) is 25.7 Å². The second-order valence-corrected chi connectivity index (χ2v) is 6.36. The van der Waals surface area contributed by atoms with Gasteiger partial charge in [0, 0.05) is 25.7 Å². The van der Waals surface area contributed by atoms with E-state index in [1.54, 1.807) is 0 Å². The van der Waals surface area contributed by atoms with Crippen molar-refractivity contribution in [3.63, 3.8) is 0 Å². The first-order valence-electron chi connectivity index (χ1n) is 7.46. The van der Waals surface area contributed by atoms with Gasteiger partial charge in [0.25, 0.3) is 0 Å². The molecular weight excluding hydrogens is 210 g/mol. The molecule has 3 fully saturated rings. The third-order valence-electron chi connectivity index (χ3n) is 4.89. The van der Waals surface area contributed by atoms with E-state index in [1.807, 2.05) is 0 Å². The van der Waals surface area contributed by atoms with Crippen molar-refractivity contribution in [1.29, 1.82) is 0 Å². The van der Waals surface area contributed by atoms with Crippen LogP contribution in [0.3, 0.4) is 0 Å². The van der Waals surface area contributed by atoms with Crippen molar-refractivity contribution >= 4 is 0 Å². The molecule has 98 valence electrons. The number of hydrogen-bond acceptors (Lipinski definition) is 3. The quantitative estimate of drug-likeness (QED) is 0.712. The average Bonchev–Trinajstić information content (AvgIpc) is 2.85. The maximum absolute atomic E-state index is 2.76. The van der Waals surface area contributed by atoms with E-state index >= 15 is 0 Å². The lowest BCUT2D eigenvalue weighted by atomic mass is 10.1. The minimum absolute atomic E-state index is 0.886. The number of nitrogens with zero attached hydrogens (tertiary/aromatic N) is 3. The van der Waals surface area contributed by atoms with Gasteiger partial charge in [-0.3, -0.25) is 4.90 Å². The molecule has 0 aromatic heterocycles. The maximum atomic E-state index is 2.76. The van der Waals surface area contributed by atoms with Gasteiger partial charge in [-0.05, 0) is 64.8 Å². The van der Waals surface area contributed by atoms with Gasteiger partial charge in [-0.1, -0.05) is 0 Å². The molecule has 0 bridgehead atoms. The van der Waals surface area contributed by atoms with Gasteiger partial charge in [0.05, 0.1) is 0 Å². The molecule has 0 aliphatic carbocycles. The number of hydrogen-bond donors (Lipinski definition) is 0. The van der Waals surface area contributed by atoms with Gasteiger partial charge in [-0.2, -0.15) is 0 Å². The fraction of sp³-hybridized carbons (Fsp3) is 1.00. The van der Waals surface area contributed by atoms with E-state index < -0.39 is 0 Å².